The smallest absolute Gasteiger partial charge is 0.162 e. The van der Waals surface area contributed by atoms with Crippen molar-refractivity contribution in [3.05, 3.63) is 29.0 Å². The van der Waals surface area contributed by atoms with E-state index in [0.29, 0.717) is 5.92 Å². The number of nitrogens with zero attached hydrogens (tertiary/aromatic N) is 1. The number of rotatable bonds is 5. The molecule has 0 aliphatic heterocycles. The summed E-state index contributed by atoms with van der Waals surface area (Å²) in [6.07, 6.45) is 2.71. The summed E-state index contributed by atoms with van der Waals surface area (Å²) in [5.74, 6) is 1.47. The fraction of sp³-hybridized carbons (Fsp3) is 0.562. The highest BCUT2D eigenvalue weighted by molar-refractivity contribution is 7.15. The molecule has 0 atom stereocenters. The van der Waals surface area contributed by atoms with Crippen molar-refractivity contribution < 1.29 is 4.42 Å². The monoisotopic (exact) mass is 292 g/mol. The van der Waals surface area contributed by atoms with Crippen LogP contribution in [0.4, 0.5) is 0 Å². The van der Waals surface area contributed by atoms with Crippen LogP contribution in [0, 0.1) is 5.92 Å². The molecule has 2 aromatic heterocycles. The summed E-state index contributed by atoms with van der Waals surface area (Å²) in [5.41, 5.74) is 1.32. The number of thiazole rings is 1. The van der Waals surface area contributed by atoms with Crippen LogP contribution < -0.4 is 5.32 Å². The van der Waals surface area contributed by atoms with Gasteiger partial charge in [0, 0.05) is 17.0 Å². The van der Waals surface area contributed by atoms with Crippen LogP contribution in [0.1, 0.15) is 45.2 Å². The van der Waals surface area contributed by atoms with Crippen LogP contribution in [-0.2, 0) is 13.0 Å². The van der Waals surface area contributed by atoms with E-state index < -0.39 is 0 Å². The molecule has 1 N–H and O–H groups in total. The van der Waals surface area contributed by atoms with Gasteiger partial charge in [-0.3, -0.25) is 0 Å². The number of hydrogen-bond acceptors (Lipinski definition) is 4. The molecule has 3 nitrogen and oxygen atoms in total. The predicted octanol–water partition coefficient (Wildman–Crippen LogP) is 4.49. The second-order valence-electron chi connectivity index (χ2n) is 6.57. The van der Waals surface area contributed by atoms with Crippen LogP contribution in [-0.4, -0.2) is 10.5 Å². The topological polar surface area (TPSA) is 38.1 Å². The first-order chi connectivity index (χ1) is 9.35. The average Bonchev–Trinajstić information content (AvgIpc) is 2.93. The molecular weight excluding hydrogens is 268 g/mol. The second kappa shape index (κ2) is 6.10. The second-order valence-corrected chi connectivity index (χ2v) is 7.65. The fourth-order valence-corrected chi connectivity index (χ4v) is 2.92. The fourth-order valence-electron chi connectivity index (χ4n) is 1.92. The van der Waals surface area contributed by atoms with E-state index in [0.717, 1.165) is 23.7 Å². The zero-order valence-corrected chi connectivity index (χ0v) is 13.8. The van der Waals surface area contributed by atoms with E-state index in [2.05, 4.69) is 39.9 Å². The number of hydrogen-bond donors (Lipinski definition) is 1. The third kappa shape index (κ3) is 4.18. The van der Waals surface area contributed by atoms with Crippen LogP contribution in [0.2, 0.25) is 0 Å². The molecule has 0 aliphatic rings. The highest BCUT2D eigenvalue weighted by atomic mass is 32.1. The Morgan fingerprint density at radius 3 is 2.65 bits per heavy atom. The number of aromatic nitrogens is 1. The Morgan fingerprint density at radius 2 is 2.10 bits per heavy atom. The molecule has 0 unspecified atom stereocenters. The molecule has 0 aromatic carbocycles. The van der Waals surface area contributed by atoms with E-state index in [-0.39, 0.29) is 5.54 Å². The third-order valence-corrected chi connectivity index (χ3v) is 4.00. The van der Waals surface area contributed by atoms with E-state index in [9.17, 15) is 0 Å². The molecule has 2 heterocycles. The van der Waals surface area contributed by atoms with E-state index in [1.807, 2.05) is 12.1 Å². The van der Waals surface area contributed by atoms with Crippen molar-refractivity contribution in [2.45, 2.75) is 53.1 Å². The minimum Gasteiger partial charge on any atom is -0.462 e. The van der Waals surface area contributed by atoms with Crippen molar-refractivity contribution in [3.63, 3.8) is 0 Å². The summed E-state index contributed by atoms with van der Waals surface area (Å²) in [6.45, 7) is 11.9. The van der Waals surface area contributed by atoms with Crippen molar-refractivity contribution in [3.8, 4) is 10.8 Å². The van der Waals surface area contributed by atoms with E-state index >= 15 is 0 Å². The van der Waals surface area contributed by atoms with Gasteiger partial charge in [-0.25, -0.2) is 4.98 Å². The van der Waals surface area contributed by atoms with Crippen molar-refractivity contribution in [2.75, 3.05) is 0 Å². The lowest BCUT2D eigenvalue weighted by Gasteiger charge is -2.20. The highest BCUT2D eigenvalue weighted by Gasteiger charge is 2.17. The molecule has 0 aliphatic carbocycles. The molecule has 0 saturated heterocycles. The summed E-state index contributed by atoms with van der Waals surface area (Å²) in [6, 6.07) is 3.88. The van der Waals surface area contributed by atoms with Crippen molar-refractivity contribution >= 4 is 11.3 Å². The molecule has 0 spiro atoms. The molecule has 0 radical (unpaired) electrons. The number of furan rings is 1. The van der Waals surface area contributed by atoms with E-state index in [4.69, 9.17) is 9.40 Å². The first-order valence-corrected chi connectivity index (χ1v) is 7.94. The van der Waals surface area contributed by atoms with Gasteiger partial charge in [-0.2, -0.15) is 0 Å². The van der Waals surface area contributed by atoms with Gasteiger partial charge >= 0.3 is 0 Å². The summed E-state index contributed by atoms with van der Waals surface area (Å²) >= 11 is 1.73. The van der Waals surface area contributed by atoms with Gasteiger partial charge in [-0.15, -0.1) is 11.3 Å². The zero-order valence-electron chi connectivity index (χ0n) is 13.0. The quantitative estimate of drug-likeness (QED) is 0.882. The van der Waals surface area contributed by atoms with Crippen LogP contribution in [0.25, 0.3) is 10.8 Å². The summed E-state index contributed by atoms with van der Waals surface area (Å²) in [4.78, 5) is 6.10. The molecule has 2 rings (SSSR count). The van der Waals surface area contributed by atoms with Gasteiger partial charge in [0.2, 0.25) is 0 Å². The Balaban J connectivity index is 2.23. The average molecular weight is 292 g/mol. The van der Waals surface area contributed by atoms with Gasteiger partial charge < -0.3 is 9.73 Å². The molecule has 0 amide bonds. The Bertz CT molecular complexity index is 535. The zero-order chi connectivity index (χ0) is 14.8. The lowest BCUT2D eigenvalue weighted by molar-refractivity contribution is 0.425. The van der Waals surface area contributed by atoms with Crippen molar-refractivity contribution in [2.24, 2.45) is 5.92 Å². The Morgan fingerprint density at radius 1 is 1.35 bits per heavy atom. The van der Waals surface area contributed by atoms with Gasteiger partial charge in [0.15, 0.2) is 10.8 Å². The first kappa shape index (κ1) is 15.3. The molecule has 4 heteroatoms. The molecule has 20 heavy (non-hydrogen) atoms. The van der Waals surface area contributed by atoms with Gasteiger partial charge in [0.1, 0.15) is 0 Å². The minimum absolute atomic E-state index is 0.115. The van der Waals surface area contributed by atoms with Crippen molar-refractivity contribution in [1.29, 1.82) is 0 Å². The molecule has 0 bridgehead atoms. The van der Waals surface area contributed by atoms with Crippen molar-refractivity contribution in [1.82, 2.24) is 10.3 Å². The first-order valence-electron chi connectivity index (χ1n) is 7.12. The maximum absolute atomic E-state index is 5.47. The Kier molecular flexibility index (Phi) is 4.66. The van der Waals surface area contributed by atoms with Gasteiger partial charge in [0.05, 0.1) is 12.0 Å². The maximum Gasteiger partial charge on any atom is 0.162 e. The van der Waals surface area contributed by atoms with Crippen LogP contribution in [0.15, 0.2) is 22.8 Å². The standard InChI is InChI=1S/C16H24N2OS/c1-11(2)9-12-14(10-17-16(3,4)5)20-15(18-12)13-7-6-8-19-13/h6-8,11,17H,9-10H2,1-5H3. The summed E-state index contributed by atoms with van der Waals surface area (Å²) < 4.78 is 5.47. The van der Waals surface area contributed by atoms with Crippen LogP contribution in [0.3, 0.4) is 0 Å². The normalized spacial score (nSPS) is 12.3. The van der Waals surface area contributed by atoms with Gasteiger partial charge in [0.25, 0.3) is 0 Å². The third-order valence-electron chi connectivity index (χ3n) is 2.89. The van der Waals surface area contributed by atoms with Crippen LogP contribution >= 0.6 is 11.3 Å². The largest absolute Gasteiger partial charge is 0.462 e. The molecule has 0 saturated carbocycles. The predicted molar refractivity (Wildman–Crippen MR) is 85.0 cm³/mol. The molecular formula is C16H24N2OS. The maximum atomic E-state index is 5.47. The number of nitrogens with one attached hydrogen (secondary N) is 1. The summed E-state index contributed by atoms with van der Waals surface area (Å²) in [7, 11) is 0. The highest BCUT2D eigenvalue weighted by Crippen LogP contribution is 2.30. The molecule has 110 valence electrons. The minimum atomic E-state index is 0.115. The van der Waals surface area contributed by atoms with Gasteiger partial charge in [-0.1, -0.05) is 13.8 Å². The molecule has 0 fully saturated rings. The lowest BCUT2D eigenvalue weighted by atomic mass is 10.1. The molecule has 2 aromatic rings. The SMILES string of the molecule is CC(C)Cc1nc(-c2ccco2)sc1CNC(C)(C)C. The van der Waals surface area contributed by atoms with E-state index in [1.165, 1.54) is 10.6 Å². The summed E-state index contributed by atoms with van der Waals surface area (Å²) in [5, 5.41) is 4.53. The Hall–Kier alpha value is -1.13. The Labute approximate surface area is 125 Å². The van der Waals surface area contributed by atoms with Gasteiger partial charge in [-0.05, 0) is 45.2 Å². The van der Waals surface area contributed by atoms with E-state index in [1.54, 1.807) is 17.6 Å². The van der Waals surface area contributed by atoms with Crippen LogP contribution in [0.5, 0.6) is 0 Å². The lowest BCUT2D eigenvalue weighted by Crippen LogP contribution is -2.35.